The van der Waals surface area contributed by atoms with Gasteiger partial charge in [0.1, 0.15) is 17.1 Å². The molecule has 0 saturated heterocycles. The number of hydrogen-bond acceptors (Lipinski definition) is 6. The fourth-order valence-corrected chi connectivity index (χ4v) is 4.48. The van der Waals surface area contributed by atoms with Crippen LogP contribution in [0.5, 0.6) is 0 Å². The maximum atomic E-state index is 12.8. The fraction of sp³-hybridized carbons (Fsp3) is 0.280. The maximum absolute atomic E-state index is 12.8. The zero-order chi connectivity index (χ0) is 24.0. The first-order valence-corrected chi connectivity index (χ1v) is 10.9. The SMILES string of the molecule is Cc1cc2c(cc1-c1c(C)noc1C)ncc1nc(-c3cccnc3)n([C@H](C)COC(F)F)c12. The van der Waals surface area contributed by atoms with E-state index < -0.39 is 12.7 Å². The fourth-order valence-electron chi connectivity index (χ4n) is 4.48. The van der Waals surface area contributed by atoms with E-state index in [9.17, 15) is 8.78 Å². The normalized spacial score (nSPS) is 12.8. The second-order valence-corrected chi connectivity index (χ2v) is 8.37. The molecule has 0 amide bonds. The minimum Gasteiger partial charge on any atom is -0.361 e. The number of benzene rings is 1. The van der Waals surface area contributed by atoms with E-state index in [1.54, 1.807) is 18.6 Å². The molecular formula is C25H23F2N5O2. The molecule has 4 heterocycles. The molecule has 0 radical (unpaired) electrons. The molecule has 0 aliphatic carbocycles. The molecular weight excluding hydrogens is 440 g/mol. The van der Waals surface area contributed by atoms with E-state index >= 15 is 0 Å². The first-order chi connectivity index (χ1) is 16.3. The number of aryl methyl sites for hydroxylation is 3. The minimum absolute atomic E-state index is 0.170. The lowest BCUT2D eigenvalue weighted by Gasteiger charge is -2.19. The topological polar surface area (TPSA) is 78.9 Å². The van der Waals surface area contributed by atoms with Gasteiger partial charge in [0.15, 0.2) is 0 Å². The summed E-state index contributed by atoms with van der Waals surface area (Å²) < 4.78 is 37.7. The van der Waals surface area contributed by atoms with Crippen LogP contribution in [0.1, 0.15) is 30.0 Å². The number of pyridine rings is 2. The Bertz CT molecular complexity index is 1470. The van der Waals surface area contributed by atoms with Crippen molar-refractivity contribution in [3.8, 4) is 22.5 Å². The van der Waals surface area contributed by atoms with Gasteiger partial charge >= 0.3 is 6.61 Å². The average Bonchev–Trinajstić information content (AvgIpc) is 3.38. The van der Waals surface area contributed by atoms with Crippen molar-refractivity contribution in [2.45, 2.75) is 40.3 Å². The van der Waals surface area contributed by atoms with E-state index in [-0.39, 0.29) is 6.61 Å². The molecule has 34 heavy (non-hydrogen) atoms. The van der Waals surface area contributed by atoms with Crippen LogP contribution in [0.3, 0.4) is 0 Å². The van der Waals surface area contributed by atoms with Crippen molar-refractivity contribution in [1.82, 2.24) is 24.7 Å². The lowest BCUT2D eigenvalue weighted by molar-refractivity contribution is -0.135. The average molecular weight is 463 g/mol. The molecule has 0 fully saturated rings. The first kappa shape index (κ1) is 22.1. The second kappa shape index (κ2) is 8.57. The summed E-state index contributed by atoms with van der Waals surface area (Å²) in [7, 11) is 0. The van der Waals surface area contributed by atoms with Gasteiger partial charge in [-0.1, -0.05) is 5.16 Å². The van der Waals surface area contributed by atoms with E-state index in [2.05, 4.69) is 25.9 Å². The molecule has 7 nitrogen and oxygen atoms in total. The van der Waals surface area contributed by atoms with Gasteiger partial charge in [-0.2, -0.15) is 8.78 Å². The number of rotatable bonds is 6. The molecule has 0 bridgehead atoms. The maximum Gasteiger partial charge on any atom is 0.345 e. The summed E-state index contributed by atoms with van der Waals surface area (Å²) in [4.78, 5) is 13.7. The highest BCUT2D eigenvalue weighted by Crippen LogP contribution is 2.37. The molecule has 0 aliphatic heterocycles. The Labute approximate surface area is 194 Å². The lowest BCUT2D eigenvalue weighted by Crippen LogP contribution is -2.15. The Morgan fingerprint density at radius 2 is 1.94 bits per heavy atom. The third-order valence-corrected chi connectivity index (χ3v) is 5.99. The quantitative estimate of drug-likeness (QED) is 0.306. The summed E-state index contributed by atoms with van der Waals surface area (Å²) in [6, 6.07) is 7.36. The summed E-state index contributed by atoms with van der Waals surface area (Å²) in [5.74, 6) is 1.36. The highest BCUT2D eigenvalue weighted by atomic mass is 19.3. The molecule has 0 unspecified atom stereocenters. The molecule has 1 aromatic carbocycles. The highest BCUT2D eigenvalue weighted by molar-refractivity contribution is 6.05. The van der Waals surface area contributed by atoms with Gasteiger partial charge in [0.25, 0.3) is 0 Å². The largest absolute Gasteiger partial charge is 0.361 e. The third-order valence-electron chi connectivity index (χ3n) is 5.99. The Kier molecular flexibility index (Phi) is 5.57. The van der Waals surface area contributed by atoms with E-state index in [1.165, 1.54) is 0 Å². The van der Waals surface area contributed by atoms with Gasteiger partial charge < -0.3 is 13.8 Å². The van der Waals surface area contributed by atoms with Crippen LogP contribution in [0.15, 0.2) is 47.4 Å². The van der Waals surface area contributed by atoms with Gasteiger partial charge in [-0.15, -0.1) is 0 Å². The van der Waals surface area contributed by atoms with Gasteiger partial charge in [0, 0.05) is 28.9 Å². The van der Waals surface area contributed by atoms with E-state index in [0.29, 0.717) is 11.3 Å². The predicted molar refractivity (Wildman–Crippen MR) is 125 cm³/mol. The third kappa shape index (κ3) is 3.71. The molecule has 9 heteroatoms. The Balaban J connectivity index is 1.78. The van der Waals surface area contributed by atoms with E-state index in [4.69, 9.17) is 9.51 Å². The summed E-state index contributed by atoms with van der Waals surface area (Å²) in [5, 5.41) is 4.95. The van der Waals surface area contributed by atoms with Gasteiger partial charge in [-0.05, 0) is 63.1 Å². The van der Waals surface area contributed by atoms with Crippen molar-refractivity contribution in [3.63, 3.8) is 0 Å². The zero-order valence-corrected chi connectivity index (χ0v) is 19.2. The molecule has 5 rings (SSSR count). The van der Waals surface area contributed by atoms with Crippen molar-refractivity contribution in [3.05, 3.63) is 59.9 Å². The molecule has 4 aromatic heterocycles. The summed E-state index contributed by atoms with van der Waals surface area (Å²) in [6.45, 7) is 4.63. The number of aromatic nitrogens is 5. The number of hydrogen-bond donors (Lipinski definition) is 0. The summed E-state index contributed by atoms with van der Waals surface area (Å²) in [6.07, 6.45) is 5.09. The molecule has 5 aromatic rings. The van der Waals surface area contributed by atoms with Gasteiger partial charge in [-0.25, -0.2) is 4.98 Å². The van der Waals surface area contributed by atoms with Gasteiger partial charge in [0.05, 0.1) is 35.6 Å². The number of imidazole rings is 1. The molecule has 0 spiro atoms. The highest BCUT2D eigenvalue weighted by Gasteiger charge is 2.22. The van der Waals surface area contributed by atoms with Crippen LogP contribution in [0.25, 0.3) is 44.5 Å². The molecule has 0 saturated carbocycles. The second-order valence-electron chi connectivity index (χ2n) is 8.37. The minimum atomic E-state index is -2.85. The van der Waals surface area contributed by atoms with Crippen molar-refractivity contribution < 1.29 is 18.0 Å². The molecule has 1 atom stereocenters. The number of halogens is 2. The lowest BCUT2D eigenvalue weighted by atomic mass is 9.96. The van der Waals surface area contributed by atoms with Crippen LogP contribution in [0.2, 0.25) is 0 Å². The molecule has 174 valence electrons. The van der Waals surface area contributed by atoms with Crippen molar-refractivity contribution in [2.24, 2.45) is 0 Å². The van der Waals surface area contributed by atoms with Crippen LogP contribution < -0.4 is 0 Å². The first-order valence-electron chi connectivity index (χ1n) is 10.9. The standard InChI is InChI=1S/C25H23F2N5O2/c1-13-8-19-20(9-18(13)22-15(3)31-34-16(22)4)29-11-21-23(19)32(14(2)12-33-25(26)27)24(30-21)17-6-5-7-28-10-17/h5-11,14,25H,12H2,1-4H3/t14-/m1/s1. The van der Waals surface area contributed by atoms with Crippen molar-refractivity contribution in [2.75, 3.05) is 6.61 Å². The smallest absolute Gasteiger partial charge is 0.345 e. The Morgan fingerprint density at radius 3 is 2.62 bits per heavy atom. The number of alkyl halides is 2. The zero-order valence-electron chi connectivity index (χ0n) is 19.2. The van der Waals surface area contributed by atoms with Crippen LogP contribution >= 0.6 is 0 Å². The number of ether oxygens (including phenoxy) is 1. The number of nitrogens with zero attached hydrogens (tertiary/aromatic N) is 5. The van der Waals surface area contributed by atoms with Gasteiger partial charge in [0.2, 0.25) is 0 Å². The van der Waals surface area contributed by atoms with Crippen LogP contribution in [-0.2, 0) is 4.74 Å². The van der Waals surface area contributed by atoms with Crippen LogP contribution in [0.4, 0.5) is 8.78 Å². The number of fused-ring (bicyclic) bond motifs is 3. The van der Waals surface area contributed by atoms with Crippen LogP contribution in [-0.4, -0.2) is 37.9 Å². The molecule has 0 aliphatic rings. The van der Waals surface area contributed by atoms with Crippen LogP contribution in [0, 0.1) is 20.8 Å². The predicted octanol–water partition coefficient (Wildman–Crippen LogP) is 6.03. The monoisotopic (exact) mass is 463 g/mol. The van der Waals surface area contributed by atoms with Crippen molar-refractivity contribution >= 4 is 21.9 Å². The molecule has 0 N–H and O–H groups in total. The van der Waals surface area contributed by atoms with Crippen molar-refractivity contribution in [1.29, 1.82) is 0 Å². The van der Waals surface area contributed by atoms with E-state index in [0.717, 1.165) is 50.1 Å². The Morgan fingerprint density at radius 1 is 1.12 bits per heavy atom. The summed E-state index contributed by atoms with van der Waals surface area (Å²) >= 11 is 0. The summed E-state index contributed by atoms with van der Waals surface area (Å²) in [5.41, 5.74) is 6.77. The van der Waals surface area contributed by atoms with Gasteiger partial charge in [-0.3, -0.25) is 9.97 Å². The van der Waals surface area contributed by atoms with E-state index in [1.807, 2.05) is 50.5 Å². The Hall–Kier alpha value is -3.72.